The smallest absolute Gasteiger partial charge is 0.224 e. The van der Waals surface area contributed by atoms with E-state index in [1.54, 1.807) is 19.2 Å². The number of methoxy groups -OCH3 is 1. The molecule has 5 heteroatoms. The number of nitrogens with zero attached hydrogens (tertiary/aromatic N) is 1. The Labute approximate surface area is 127 Å². The second kappa shape index (κ2) is 9.37. The first kappa shape index (κ1) is 17.5. The Balaban J connectivity index is 2.30. The van der Waals surface area contributed by atoms with E-state index in [9.17, 15) is 4.79 Å². The molecule has 5 nitrogen and oxygen atoms in total. The lowest BCUT2D eigenvalue weighted by molar-refractivity contribution is -0.116. The van der Waals surface area contributed by atoms with E-state index in [1.165, 1.54) is 0 Å². The Hall–Kier alpha value is -1.59. The maximum absolute atomic E-state index is 11.9. The Kier molecular flexibility index (Phi) is 7.79. The average molecular weight is 293 g/mol. The third kappa shape index (κ3) is 7.11. The molecule has 0 spiro atoms. The van der Waals surface area contributed by atoms with Crippen LogP contribution in [0.1, 0.15) is 26.7 Å². The van der Waals surface area contributed by atoms with Gasteiger partial charge in [-0.15, -0.1) is 0 Å². The molecular weight excluding hydrogens is 266 g/mol. The van der Waals surface area contributed by atoms with E-state index in [2.05, 4.69) is 24.1 Å². The van der Waals surface area contributed by atoms with Gasteiger partial charge in [0, 0.05) is 37.5 Å². The maximum atomic E-state index is 11.9. The van der Waals surface area contributed by atoms with Crippen LogP contribution in [0.2, 0.25) is 0 Å². The quantitative estimate of drug-likeness (QED) is 0.686. The molecule has 1 aromatic carbocycles. The molecule has 0 bridgehead atoms. The Morgan fingerprint density at radius 3 is 2.52 bits per heavy atom. The fourth-order valence-corrected chi connectivity index (χ4v) is 2.07. The summed E-state index contributed by atoms with van der Waals surface area (Å²) in [4.78, 5) is 14.2. The zero-order chi connectivity index (χ0) is 15.7. The van der Waals surface area contributed by atoms with Gasteiger partial charge in [-0.25, -0.2) is 0 Å². The molecule has 0 aliphatic heterocycles. The third-order valence-electron chi connectivity index (χ3n) is 3.36. The molecule has 0 fully saturated rings. The molecule has 0 saturated heterocycles. The lowest BCUT2D eigenvalue weighted by Gasteiger charge is -2.25. The number of benzene rings is 1. The highest BCUT2D eigenvalue weighted by Crippen LogP contribution is 2.11. The second-order valence-electron chi connectivity index (χ2n) is 5.40. The molecule has 0 heterocycles. The molecule has 0 radical (unpaired) electrons. The Bertz CT molecular complexity index is 418. The van der Waals surface area contributed by atoms with Crippen LogP contribution in [0, 0.1) is 0 Å². The summed E-state index contributed by atoms with van der Waals surface area (Å²) in [6.45, 7) is 6.83. The molecule has 0 aromatic heterocycles. The van der Waals surface area contributed by atoms with Crippen LogP contribution in [0.5, 0.6) is 0 Å². The minimum atomic E-state index is 0.0372. The van der Waals surface area contributed by atoms with Crippen LogP contribution in [0.25, 0.3) is 0 Å². The molecule has 0 unspecified atom stereocenters. The largest absolute Gasteiger partial charge is 0.399 e. The molecule has 0 saturated carbocycles. The van der Waals surface area contributed by atoms with Crippen molar-refractivity contribution >= 4 is 17.3 Å². The summed E-state index contributed by atoms with van der Waals surface area (Å²) in [5, 5.41) is 2.88. The predicted molar refractivity (Wildman–Crippen MR) is 87.3 cm³/mol. The van der Waals surface area contributed by atoms with Crippen molar-refractivity contribution in [1.82, 2.24) is 4.90 Å². The van der Waals surface area contributed by atoms with Crippen molar-refractivity contribution in [2.24, 2.45) is 0 Å². The first-order valence-corrected chi connectivity index (χ1v) is 7.41. The number of hydrogen-bond donors (Lipinski definition) is 2. The number of ether oxygens (including phenoxy) is 1. The average Bonchev–Trinajstić information content (AvgIpc) is 2.44. The number of rotatable bonds is 9. The van der Waals surface area contributed by atoms with Crippen LogP contribution in [-0.2, 0) is 9.53 Å². The van der Waals surface area contributed by atoms with Crippen LogP contribution in [0.4, 0.5) is 11.4 Å². The number of anilines is 2. The number of carbonyl (C=O) groups excluding carboxylic acids is 1. The molecule has 21 heavy (non-hydrogen) atoms. The third-order valence-corrected chi connectivity index (χ3v) is 3.36. The van der Waals surface area contributed by atoms with Gasteiger partial charge in [0.2, 0.25) is 5.91 Å². The first-order valence-electron chi connectivity index (χ1n) is 7.41. The van der Waals surface area contributed by atoms with E-state index in [4.69, 9.17) is 10.5 Å². The minimum absolute atomic E-state index is 0.0372. The number of hydrogen-bond acceptors (Lipinski definition) is 4. The molecule has 0 aliphatic rings. The zero-order valence-corrected chi connectivity index (χ0v) is 13.3. The number of amides is 1. The summed E-state index contributed by atoms with van der Waals surface area (Å²) in [7, 11) is 1.71. The van der Waals surface area contributed by atoms with Gasteiger partial charge in [0.25, 0.3) is 0 Å². The van der Waals surface area contributed by atoms with E-state index in [0.29, 0.717) is 18.2 Å². The molecular formula is C16H27N3O2. The molecule has 118 valence electrons. The van der Waals surface area contributed by atoms with Gasteiger partial charge in [0.1, 0.15) is 0 Å². The monoisotopic (exact) mass is 293 g/mol. The van der Waals surface area contributed by atoms with Crippen molar-refractivity contribution in [2.75, 3.05) is 37.9 Å². The van der Waals surface area contributed by atoms with Crippen LogP contribution in [-0.4, -0.2) is 43.7 Å². The zero-order valence-electron chi connectivity index (χ0n) is 13.3. The topological polar surface area (TPSA) is 67.6 Å². The van der Waals surface area contributed by atoms with Crippen molar-refractivity contribution in [3.05, 3.63) is 24.3 Å². The second-order valence-corrected chi connectivity index (χ2v) is 5.40. The normalized spacial score (nSPS) is 11.1. The first-order chi connectivity index (χ1) is 10.0. The van der Waals surface area contributed by atoms with Gasteiger partial charge >= 0.3 is 0 Å². The van der Waals surface area contributed by atoms with Gasteiger partial charge in [-0.1, -0.05) is 0 Å². The molecule has 0 atom stereocenters. The Morgan fingerprint density at radius 1 is 1.29 bits per heavy atom. The number of carbonyl (C=O) groups is 1. The number of nitrogens with one attached hydrogen (secondary N) is 1. The maximum Gasteiger partial charge on any atom is 0.224 e. The molecule has 1 rings (SSSR count). The lowest BCUT2D eigenvalue weighted by Crippen LogP contribution is -2.35. The van der Waals surface area contributed by atoms with E-state index >= 15 is 0 Å². The van der Waals surface area contributed by atoms with E-state index < -0.39 is 0 Å². The van der Waals surface area contributed by atoms with E-state index in [0.717, 1.165) is 31.8 Å². The predicted octanol–water partition coefficient (Wildman–Crippen LogP) is 2.34. The fourth-order valence-electron chi connectivity index (χ4n) is 2.07. The van der Waals surface area contributed by atoms with Crippen LogP contribution in [0.3, 0.4) is 0 Å². The van der Waals surface area contributed by atoms with Crippen molar-refractivity contribution < 1.29 is 9.53 Å². The summed E-state index contributed by atoms with van der Waals surface area (Å²) >= 11 is 0. The molecule has 1 amide bonds. The van der Waals surface area contributed by atoms with Crippen molar-refractivity contribution in [1.29, 1.82) is 0 Å². The molecule has 1 aromatic rings. The minimum Gasteiger partial charge on any atom is -0.399 e. The van der Waals surface area contributed by atoms with Gasteiger partial charge in [-0.3, -0.25) is 9.69 Å². The number of nitrogens with two attached hydrogens (primary N) is 1. The number of nitrogen functional groups attached to an aromatic ring is 1. The molecule has 0 aliphatic carbocycles. The Morgan fingerprint density at radius 2 is 1.95 bits per heavy atom. The highest BCUT2D eigenvalue weighted by molar-refractivity contribution is 5.90. The highest BCUT2D eigenvalue weighted by Gasteiger charge is 2.10. The summed E-state index contributed by atoms with van der Waals surface area (Å²) in [6.07, 6.45) is 1.35. The van der Waals surface area contributed by atoms with Gasteiger partial charge in [-0.2, -0.15) is 0 Å². The van der Waals surface area contributed by atoms with E-state index in [1.807, 2.05) is 12.1 Å². The van der Waals surface area contributed by atoms with Gasteiger partial charge in [0.15, 0.2) is 0 Å². The lowest BCUT2D eigenvalue weighted by atomic mass is 10.2. The van der Waals surface area contributed by atoms with Crippen molar-refractivity contribution in [2.45, 2.75) is 32.7 Å². The fraction of sp³-hybridized carbons (Fsp3) is 0.562. The van der Waals surface area contributed by atoms with E-state index in [-0.39, 0.29) is 5.91 Å². The van der Waals surface area contributed by atoms with Crippen LogP contribution >= 0.6 is 0 Å². The van der Waals surface area contributed by atoms with Crippen LogP contribution < -0.4 is 11.1 Å². The van der Waals surface area contributed by atoms with Crippen LogP contribution in [0.15, 0.2) is 24.3 Å². The van der Waals surface area contributed by atoms with Crippen molar-refractivity contribution in [3.63, 3.8) is 0 Å². The summed E-state index contributed by atoms with van der Waals surface area (Å²) < 4.78 is 5.11. The van der Waals surface area contributed by atoms with Gasteiger partial charge in [0.05, 0.1) is 6.61 Å². The molecule has 3 N–H and O–H groups in total. The van der Waals surface area contributed by atoms with Gasteiger partial charge < -0.3 is 15.8 Å². The standard InChI is InChI=1S/C16H27N3O2/c1-13(2)19(11-12-21-3)10-4-5-16(20)18-15-8-6-14(17)7-9-15/h6-9,13H,4-5,10-12,17H2,1-3H3,(H,18,20). The van der Waals surface area contributed by atoms with Crippen molar-refractivity contribution in [3.8, 4) is 0 Å². The summed E-state index contributed by atoms with van der Waals surface area (Å²) in [6, 6.07) is 7.64. The summed E-state index contributed by atoms with van der Waals surface area (Å²) in [5.74, 6) is 0.0372. The summed E-state index contributed by atoms with van der Waals surface area (Å²) in [5.41, 5.74) is 7.09. The highest BCUT2D eigenvalue weighted by atomic mass is 16.5. The SMILES string of the molecule is COCCN(CCCC(=O)Nc1ccc(N)cc1)C(C)C. The van der Waals surface area contributed by atoms with Gasteiger partial charge in [-0.05, 0) is 51.1 Å².